The Morgan fingerprint density at radius 3 is 2.12 bits per heavy atom. The van der Waals surface area contributed by atoms with Gasteiger partial charge in [0.25, 0.3) is 0 Å². The Bertz CT molecular complexity index is 381. The van der Waals surface area contributed by atoms with Gasteiger partial charge in [0.2, 0.25) is 0 Å². The quantitative estimate of drug-likeness (QED) is 0.694. The van der Waals surface area contributed by atoms with Gasteiger partial charge in [-0.15, -0.1) is 5.11 Å². The highest BCUT2D eigenvalue weighted by molar-refractivity contribution is 5.53. The number of hydrogen-bond acceptors (Lipinski definition) is 2. The summed E-state index contributed by atoms with van der Waals surface area (Å²) < 4.78 is 0. The van der Waals surface area contributed by atoms with Gasteiger partial charge in [0, 0.05) is 13.1 Å². The second-order valence-corrected chi connectivity index (χ2v) is 4.60. The topological polar surface area (TPSA) is 28.0 Å². The zero-order chi connectivity index (χ0) is 11.5. The minimum Gasteiger partial charge on any atom is -0.278 e. The van der Waals surface area contributed by atoms with Gasteiger partial charge < -0.3 is 0 Å². The second-order valence-electron chi connectivity index (χ2n) is 4.60. The molecule has 0 saturated carbocycles. The maximum atomic E-state index is 4.38. The fraction of sp³-hybridized carbons (Fsp3) is 0.538. The molecule has 0 bridgehead atoms. The summed E-state index contributed by atoms with van der Waals surface area (Å²) >= 11 is 0. The lowest BCUT2D eigenvalue weighted by Gasteiger charge is -2.09. The van der Waals surface area contributed by atoms with E-state index in [1.165, 1.54) is 29.5 Å². The standard InChI is InChI=1S/C13H19N3/c1-10-8-11(2)13(12(3)9-10)14-15-16-6-4-5-7-16/h8-9H,4-7H2,1-3H3/b15-14+. The van der Waals surface area contributed by atoms with Crippen LogP contribution in [0.5, 0.6) is 0 Å². The lowest BCUT2D eigenvalue weighted by Crippen LogP contribution is -2.09. The minimum absolute atomic E-state index is 1.03. The van der Waals surface area contributed by atoms with Crippen LogP contribution in [0.2, 0.25) is 0 Å². The average molecular weight is 217 g/mol. The molecule has 86 valence electrons. The molecule has 0 aromatic heterocycles. The maximum Gasteiger partial charge on any atom is 0.0932 e. The largest absolute Gasteiger partial charge is 0.278 e. The van der Waals surface area contributed by atoms with E-state index in [0.29, 0.717) is 0 Å². The molecule has 2 rings (SSSR count). The first-order valence-corrected chi connectivity index (χ1v) is 5.91. The number of nitrogens with zero attached hydrogens (tertiary/aromatic N) is 3. The number of aryl methyl sites for hydroxylation is 3. The molecule has 0 radical (unpaired) electrons. The van der Waals surface area contributed by atoms with Crippen molar-refractivity contribution in [2.75, 3.05) is 13.1 Å². The summed E-state index contributed by atoms with van der Waals surface area (Å²) in [5.41, 5.74) is 4.73. The summed E-state index contributed by atoms with van der Waals surface area (Å²) in [7, 11) is 0. The third-order valence-corrected chi connectivity index (χ3v) is 2.99. The number of rotatable bonds is 2. The summed E-state index contributed by atoms with van der Waals surface area (Å²) in [6.45, 7) is 8.40. The highest BCUT2D eigenvalue weighted by atomic mass is 15.5. The van der Waals surface area contributed by atoms with Gasteiger partial charge in [0.05, 0.1) is 5.69 Å². The fourth-order valence-corrected chi connectivity index (χ4v) is 2.23. The molecule has 1 aliphatic heterocycles. The van der Waals surface area contributed by atoms with Crippen LogP contribution < -0.4 is 0 Å². The Morgan fingerprint density at radius 2 is 1.56 bits per heavy atom. The predicted octanol–water partition coefficient (Wildman–Crippen LogP) is 3.71. The van der Waals surface area contributed by atoms with Crippen molar-refractivity contribution in [1.29, 1.82) is 0 Å². The van der Waals surface area contributed by atoms with E-state index in [1.807, 2.05) is 0 Å². The molecule has 1 saturated heterocycles. The molecule has 0 unspecified atom stereocenters. The van der Waals surface area contributed by atoms with E-state index in [-0.39, 0.29) is 0 Å². The first-order chi connectivity index (χ1) is 7.66. The van der Waals surface area contributed by atoms with Gasteiger partial charge in [-0.2, -0.15) is 0 Å². The van der Waals surface area contributed by atoms with Crippen molar-refractivity contribution in [3.63, 3.8) is 0 Å². The van der Waals surface area contributed by atoms with E-state index in [1.54, 1.807) is 0 Å². The SMILES string of the molecule is Cc1cc(C)c(/N=N/N2CCCC2)c(C)c1. The van der Waals surface area contributed by atoms with Gasteiger partial charge in [-0.05, 0) is 44.7 Å². The maximum absolute atomic E-state index is 4.38. The van der Waals surface area contributed by atoms with Gasteiger partial charge >= 0.3 is 0 Å². The first-order valence-electron chi connectivity index (χ1n) is 5.91. The molecule has 1 aromatic rings. The van der Waals surface area contributed by atoms with Crippen LogP contribution in [0, 0.1) is 20.8 Å². The van der Waals surface area contributed by atoms with E-state index < -0.39 is 0 Å². The smallest absolute Gasteiger partial charge is 0.0932 e. The van der Waals surface area contributed by atoms with Crippen LogP contribution in [-0.4, -0.2) is 18.1 Å². The monoisotopic (exact) mass is 217 g/mol. The number of benzene rings is 1. The Balaban J connectivity index is 2.20. The van der Waals surface area contributed by atoms with Crippen LogP contribution in [0.3, 0.4) is 0 Å². The van der Waals surface area contributed by atoms with Crippen molar-refractivity contribution in [1.82, 2.24) is 5.01 Å². The lowest BCUT2D eigenvalue weighted by atomic mass is 10.1. The van der Waals surface area contributed by atoms with E-state index in [9.17, 15) is 0 Å². The predicted molar refractivity (Wildman–Crippen MR) is 66.0 cm³/mol. The molecule has 1 fully saturated rings. The molecule has 0 spiro atoms. The molecular formula is C13H19N3. The zero-order valence-corrected chi connectivity index (χ0v) is 10.3. The Kier molecular flexibility index (Phi) is 3.22. The summed E-state index contributed by atoms with van der Waals surface area (Å²) in [6, 6.07) is 4.32. The molecule has 0 atom stereocenters. The molecule has 0 amide bonds. The third kappa shape index (κ3) is 2.40. The van der Waals surface area contributed by atoms with Gasteiger partial charge in [-0.1, -0.05) is 22.9 Å². The van der Waals surface area contributed by atoms with Crippen LogP contribution in [0.15, 0.2) is 22.5 Å². The van der Waals surface area contributed by atoms with E-state index in [4.69, 9.17) is 0 Å². The third-order valence-electron chi connectivity index (χ3n) is 2.99. The van der Waals surface area contributed by atoms with Crippen molar-refractivity contribution in [3.05, 3.63) is 28.8 Å². The molecular weight excluding hydrogens is 198 g/mol. The highest BCUT2D eigenvalue weighted by Gasteiger charge is 2.09. The van der Waals surface area contributed by atoms with E-state index >= 15 is 0 Å². The van der Waals surface area contributed by atoms with Crippen LogP contribution >= 0.6 is 0 Å². The Morgan fingerprint density at radius 1 is 1.00 bits per heavy atom. The molecule has 3 nitrogen and oxygen atoms in total. The van der Waals surface area contributed by atoms with Gasteiger partial charge in [-0.25, -0.2) is 0 Å². The highest BCUT2D eigenvalue weighted by Crippen LogP contribution is 2.25. The first kappa shape index (κ1) is 11.1. The van der Waals surface area contributed by atoms with Crippen LogP contribution in [-0.2, 0) is 0 Å². The Labute approximate surface area is 97.2 Å². The summed E-state index contributed by atoms with van der Waals surface area (Å²) in [5, 5.41) is 10.7. The Hall–Kier alpha value is -1.38. The summed E-state index contributed by atoms with van der Waals surface area (Å²) in [4.78, 5) is 0. The van der Waals surface area contributed by atoms with Crippen molar-refractivity contribution in [3.8, 4) is 0 Å². The molecule has 0 aliphatic carbocycles. The minimum atomic E-state index is 1.03. The molecule has 1 heterocycles. The molecule has 1 aliphatic rings. The zero-order valence-electron chi connectivity index (χ0n) is 10.3. The number of hydrogen-bond donors (Lipinski definition) is 0. The molecule has 1 aromatic carbocycles. The lowest BCUT2D eigenvalue weighted by molar-refractivity contribution is 0.336. The fourth-order valence-electron chi connectivity index (χ4n) is 2.23. The summed E-state index contributed by atoms with van der Waals surface area (Å²) in [6.07, 6.45) is 2.48. The summed E-state index contributed by atoms with van der Waals surface area (Å²) in [5.74, 6) is 0. The van der Waals surface area contributed by atoms with E-state index in [2.05, 4.69) is 48.3 Å². The van der Waals surface area contributed by atoms with Gasteiger partial charge in [0.15, 0.2) is 0 Å². The molecule has 16 heavy (non-hydrogen) atoms. The molecule has 0 N–H and O–H groups in total. The van der Waals surface area contributed by atoms with Gasteiger partial charge in [-0.3, -0.25) is 5.01 Å². The van der Waals surface area contributed by atoms with Crippen molar-refractivity contribution in [2.45, 2.75) is 33.6 Å². The molecule has 3 heteroatoms. The van der Waals surface area contributed by atoms with Gasteiger partial charge in [0.1, 0.15) is 0 Å². The van der Waals surface area contributed by atoms with E-state index in [0.717, 1.165) is 18.8 Å². The van der Waals surface area contributed by atoms with Crippen molar-refractivity contribution < 1.29 is 0 Å². The normalized spacial score (nSPS) is 16.3. The van der Waals surface area contributed by atoms with Crippen LogP contribution in [0.4, 0.5) is 5.69 Å². The van der Waals surface area contributed by atoms with Crippen LogP contribution in [0.25, 0.3) is 0 Å². The van der Waals surface area contributed by atoms with Crippen molar-refractivity contribution >= 4 is 5.69 Å². The average Bonchev–Trinajstić information content (AvgIpc) is 2.68. The second kappa shape index (κ2) is 4.64. The van der Waals surface area contributed by atoms with Crippen molar-refractivity contribution in [2.24, 2.45) is 10.3 Å². The van der Waals surface area contributed by atoms with Crippen LogP contribution in [0.1, 0.15) is 29.5 Å².